The molecule has 2 atom stereocenters. The normalized spacial score (nSPS) is 15.4. The number of para-hydroxylation sites is 1. The van der Waals surface area contributed by atoms with Crippen molar-refractivity contribution in [3.05, 3.63) is 36.0 Å². The first-order chi connectivity index (χ1) is 12.1. The number of hydrogen-bond acceptors (Lipinski definition) is 6. The number of aliphatic imine (C=N–C) groups is 1. The van der Waals surface area contributed by atoms with E-state index in [4.69, 9.17) is 14.5 Å². The third-order valence-electron chi connectivity index (χ3n) is 3.84. The molecule has 2 rings (SSSR count). The lowest BCUT2D eigenvalue weighted by Gasteiger charge is -2.29. The van der Waals surface area contributed by atoms with Crippen LogP contribution in [0.5, 0.6) is 0 Å². The van der Waals surface area contributed by atoms with Crippen LogP contribution in [-0.4, -0.2) is 47.3 Å². The Balaban J connectivity index is 2.34. The minimum Gasteiger partial charge on any atom is -0.464 e. The molecule has 2 N–H and O–H groups in total. The lowest BCUT2D eigenvalue weighted by Crippen LogP contribution is -2.50. The molecule has 1 heterocycles. The topological polar surface area (TPSA) is 93.1 Å². The van der Waals surface area contributed by atoms with Gasteiger partial charge in [0.25, 0.3) is 0 Å². The summed E-state index contributed by atoms with van der Waals surface area (Å²) in [4.78, 5) is 29.7. The van der Waals surface area contributed by atoms with Crippen LogP contribution in [0.25, 0.3) is 10.9 Å². The molecule has 0 radical (unpaired) electrons. The average molecular weight is 348 g/mol. The molecule has 0 aliphatic rings. The zero-order chi connectivity index (χ0) is 18.3. The van der Waals surface area contributed by atoms with Crippen molar-refractivity contribution < 1.29 is 24.4 Å². The summed E-state index contributed by atoms with van der Waals surface area (Å²) in [6, 6.07) is 9.67. The van der Waals surface area contributed by atoms with E-state index < -0.39 is 17.8 Å². The van der Waals surface area contributed by atoms with Gasteiger partial charge < -0.3 is 14.8 Å². The third-order valence-corrected chi connectivity index (χ3v) is 3.84. The van der Waals surface area contributed by atoms with Crippen LogP contribution in [0.4, 0.5) is 0 Å². The fraction of sp³-hybridized carbons (Fsp3) is 0.444. The van der Waals surface area contributed by atoms with Gasteiger partial charge in [0.15, 0.2) is 0 Å². The van der Waals surface area contributed by atoms with Gasteiger partial charge in [-0.1, -0.05) is 25.1 Å². The van der Waals surface area contributed by atoms with Gasteiger partial charge in [-0.05, 0) is 32.4 Å². The van der Waals surface area contributed by atoms with E-state index in [1.165, 1.54) is 6.21 Å². The molecule has 0 aliphatic carbocycles. The molecule has 7 nitrogen and oxygen atoms in total. The number of aromatic nitrogens is 1. The van der Waals surface area contributed by atoms with Gasteiger partial charge in [0, 0.05) is 17.1 Å². The van der Waals surface area contributed by atoms with Crippen LogP contribution >= 0.6 is 0 Å². The number of hydrogen-bond donors (Lipinski definition) is 2. The van der Waals surface area contributed by atoms with Gasteiger partial charge in [0.1, 0.15) is 0 Å². The molecule has 1 aromatic heterocycles. The van der Waals surface area contributed by atoms with Crippen molar-refractivity contribution in [2.45, 2.75) is 39.0 Å². The number of rotatable bonds is 9. The monoisotopic (exact) mass is 348 g/mol. The maximum atomic E-state index is 12.5. The molecule has 0 bridgehead atoms. The van der Waals surface area contributed by atoms with E-state index in [1.54, 1.807) is 20.8 Å². The van der Waals surface area contributed by atoms with Crippen LogP contribution in [0.2, 0.25) is 0 Å². The van der Waals surface area contributed by atoms with Gasteiger partial charge in [-0.25, -0.2) is 14.6 Å². The molecular weight excluding hydrogens is 324 g/mol. The van der Waals surface area contributed by atoms with Gasteiger partial charge in [-0.3, -0.25) is 4.99 Å². The van der Waals surface area contributed by atoms with Crippen LogP contribution in [0.15, 0.2) is 35.3 Å². The highest BCUT2D eigenvalue weighted by Crippen LogP contribution is 2.25. The summed E-state index contributed by atoms with van der Waals surface area (Å²) < 4.78 is 5.09. The van der Waals surface area contributed by atoms with Crippen LogP contribution in [0.1, 0.15) is 32.9 Å². The van der Waals surface area contributed by atoms with E-state index in [-0.39, 0.29) is 19.6 Å². The predicted octanol–water partition coefficient (Wildman–Crippen LogP) is 2.59. The number of H-pyrrole nitrogens is 1. The summed E-state index contributed by atoms with van der Waals surface area (Å²) in [5, 5.41) is 11.4. The zero-order valence-corrected chi connectivity index (χ0v) is 14.7. The second-order valence-electron chi connectivity index (χ2n) is 5.42. The average Bonchev–Trinajstić information content (AvgIpc) is 3.04. The van der Waals surface area contributed by atoms with Crippen LogP contribution < -0.4 is 0 Å². The Labute approximate surface area is 146 Å². The molecule has 0 amide bonds. The number of nitrogens with one attached hydrogen (secondary N) is 1. The lowest BCUT2D eigenvalue weighted by molar-refractivity contribution is -0.378. The Hall–Kier alpha value is -2.22. The molecule has 0 aliphatic heterocycles. The fourth-order valence-corrected chi connectivity index (χ4v) is 2.45. The Kier molecular flexibility index (Phi) is 6.69. The van der Waals surface area contributed by atoms with Gasteiger partial charge in [0.2, 0.25) is 11.8 Å². The van der Waals surface area contributed by atoms with Crippen LogP contribution in [0.3, 0.4) is 0 Å². The molecule has 1 aromatic carbocycles. The molecule has 2 aromatic rings. The summed E-state index contributed by atoms with van der Waals surface area (Å²) in [6.45, 7) is 5.52. The Morgan fingerprint density at radius 3 is 2.72 bits per heavy atom. The highest BCUT2D eigenvalue weighted by Gasteiger charge is 2.47. The highest BCUT2D eigenvalue weighted by molar-refractivity contribution is 5.91. The second-order valence-corrected chi connectivity index (χ2v) is 5.42. The van der Waals surface area contributed by atoms with Crippen LogP contribution in [0, 0.1) is 0 Å². The highest BCUT2D eigenvalue weighted by atomic mass is 17.2. The molecule has 1 unspecified atom stereocenters. The molecule has 0 saturated carbocycles. The summed E-state index contributed by atoms with van der Waals surface area (Å²) in [5.74, 6) is -0.669. The maximum absolute atomic E-state index is 12.5. The Bertz CT molecular complexity index is 694. The Morgan fingerprint density at radius 2 is 2.08 bits per heavy atom. The largest absolute Gasteiger partial charge is 0.464 e. The van der Waals surface area contributed by atoms with Crippen LogP contribution in [-0.2, 0) is 19.3 Å². The molecular formula is C18H24N2O5. The standard InChI is InChI=1S/C18H24N2O5/c1-4-18(16(21)23-5-2,17(22)25-24-6-3)19-12-14-11-13-9-7-8-10-15(13)20-14/h7-12,17,20,22H,4-6H2,1-3H3/t17?,18-/m1/s1. The lowest BCUT2D eigenvalue weighted by atomic mass is 9.96. The first-order valence-electron chi connectivity index (χ1n) is 8.33. The first-order valence-corrected chi connectivity index (χ1v) is 8.33. The van der Waals surface area contributed by atoms with Gasteiger partial charge in [0.05, 0.1) is 18.9 Å². The van der Waals surface area contributed by atoms with E-state index in [0.29, 0.717) is 5.69 Å². The maximum Gasteiger partial charge on any atom is 0.339 e. The number of ether oxygens (including phenoxy) is 1. The smallest absolute Gasteiger partial charge is 0.339 e. The zero-order valence-electron chi connectivity index (χ0n) is 14.7. The molecule has 0 fully saturated rings. The summed E-state index contributed by atoms with van der Waals surface area (Å²) >= 11 is 0. The van der Waals surface area contributed by atoms with E-state index in [0.717, 1.165) is 10.9 Å². The molecule has 7 heteroatoms. The van der Waals surface area contributed by atoms with E-state index in [2.05, 4.69) is 9.98 Å². The number of aliphatic hydroxyl groups excluding tert-OH is 1. The molecule has 0 spiro atoms. The number of benzene rings is 1. The van der Waals surface area contributed by atoms with E-state index in [1.807, 2.05) is 30.3 Å². The van der Waals surface area contributed by atoms with Crippen molar-refractivity contribution in [2.24, 2.45) is 4.99 Å². The van der Waals surface area contributed by atoms with E-state index >= 15 is 0 Å². The molecule has 136 valence electrons. The van der Waals surface area contributed by atoms with Crippen molar-refractivity contribution in [2.75, 3.05) is 13.2 Å². The minimum atomic E-state index is -1.61. The van der Waals surface area contributed by atoms with Gasteiger partial charge in [-0.2, -0.15) is 0 Å². The van der Waals surface area contributed by atoms with Gasteiger partial charge >= 0.3 is 5.97 Å². The number of aliphatic hydroxyl groups is 1. The van der Waals surface area contributed by atoms with Crippen molar-refractivity contribution >= 4 is 23.1 Å². The SMILES string of the molecule is CCOOC(O)[C@](CC)(N=Cc1cc2ccccc2[nH]1)C(=O)OCC. The van der Waals surface area contributed by atoms with Crippen molar-refractivity contribution in [3.63, 3.8) is 0 Å². The van der Waals surface area contributed by atoms with Gasteiger partial charge in [-0.15, -0.1) is 0 Å². The predicted molar refractivity (Wildman–Crippen MR) is 94.3 cm³/mol. The molecule has 25 heavy (non-hydrogen) atoms. The summed E-state index contributed by atoms with van der Waals surface area (Å²) in [6.07, 6.45) is 0.0903. The van der Waals surface area contributed by atoms with Crippen molar-refractivity contribution in [1.82, 2.24) is 4.98 Å². The number of carbonyl (C=O) groups is 1. The summed E-state index contributed by atoms with van der Waals surface area (Å²) in [7, 11) is 0. The number of nitrogens with zero attached hydrogens (tertiary/aromatic N) is 1. The number of fused-ring (bicyclic) bond motifs is 1. The van der Waals surface area contributed by atoms with Crippen molar-refractivity contribution in [1.29, 1.82) is 0 Å². The quantitative estimate of drug-likeness (QED) is 0.239. The number of aromatic amines is 1. The fourth-order valence-electron chi connectivity index (χ4n) is 2.45. The first kappa shape index (κ1) is 19.1. The Morgan fingerprint density at radius 1 is 1.32 bits per heavy atom. The van der Waals surface area contributed by atoms with Crippen molar-refractivity contribution in [3.8, 4) is 0 Å². The minimum absolute atomic E-state index is 0.170. The number of carbonyl (C=O) groups excluding carboxylic acids is 1. The molecule has 0 saturated heterocycles. The number of esters is 1. The third kappa shape index (κ3) is 4.25. The summed E-state index contributed by atoms with van der Waals surface area (Å²) in [5.41, 5.74) is 0.0443. The van der Waals surface area contributed by atoms with E-state index in [9.17, 15) is 9.90 Å². The second kappa shape index (κ2) is 8.75.